The van der Waals surface area contributed by atoms with Gasteiger partial charge in [0.05, 0.1) is 16.6 Å². The van der Waals surface area contributed by atoms with E-state index in [0.717, 1.165) is 66.5 Å². The van der Waals surface area contributed by atoms with Crippen molar-refractivity contribution in [3.05, 3.63) is 83.7 Å². The molecule has 0 aliphatic carbocycles. The molecule has 39 heavy (non-hydrogen) atoms. The van der Waals surface area contributed by atoms with E-state index in [0.29, 0.717) is 24.4 Å². The first-order valence-electron chi connectivity index (χ1n) is 13.6. The highest BCUT2D eigenvalue weighted by atomic mass is 16.5. The van der Waals surface area contributed by atoms with Gasteiger partial charge in [0.2, 0.25) is 0 Å². The number of nitrogens with zero attached hydrogens (tertiary/aromatic N) is 2. The fourth-order valence-electron chi connectivity index (χ4n) is 5.01. The normalized spacial score (nSPS) is 15.3. The Morgan fingerprint density at radius 3 is 2.64 bits per heavy atom. The molecule has 0 saturated carbocycles. The fraction of sp³-hybridized carbons (Fsp3) is 0.323. The summed E-state index contributed by atoms with van der Waals surface area (Å²) in [7, 11) is 0. The van der Waals surface area contributed by atoms with E-state index < -0.39 is 5.97 Å². The second-order valence-electron chi connectivity index (χ2n) is 9.92. The number of aromatic carboxylic acids is 1. The van der Waals surface area contributed by atoms with Crippen molar-refractivity contribution in [1.29, 1.82) is 0 Å². The van der Waals surface area contributed by atoms with Gasteiger partial charge in [-0.25, -0.2) is 14.6 Å². The van der Waals surface area contributed by atoms with Crippen molar-refractivity contribution in [2.75, 3.05) is 11.9 Å². The van der Waals surface area contributed by atoms with Crippen molar-refractivity contribution in [1.82, 2.24) is 14.9 Å². The number of amides is 2. The number of rotatable bonds is 9. The number of urea groups is 1. The third kappa shape index (κ3) is 6.29. The second-order valence-corrected chi connectivity index (χ2v) is 9.92. The Kier molecular flexibility index (Phi) is 8.22. The largest absolute Gasteiger partial charge is 0.478 e. The van der Waals surface area contributed by atoms with Crippen molar-refractivity contribution in [2.24, 2.45) is 0 Å². The maximum absolute atomic E-state index is 12.6. The number of ether oxygens (including phenoxy) is 1. The molecule has 2 heterocycles. The summed E-state index contributed by atoms with van der Waals surface area (Å²) in [4.78, 5) is 29.2. The molecule has 1 fully saturated rings. The van der Waals surface area contributed by atoms with Crippen LogP contribution >= 0.6 is 0 Å². The molecule has 0 spiro atoms. The molecule has 1 atom stereocenters. The summed E-state index contributed by atoms with van der Waals surface area (Å²) in [5.74, 6) is 0.0637. The fourth-order valence-corrected chi connectivity index (χ4v) is 5.01. The number of hydrogen-bond donors (Lipinski definition) is 3. The molecule has 1 aliphatic heterocycles. The zero-order valence-corrected chi connectivity index (χ0v) is 22.2. The summed E-state index contributed by atoms with van der Waals surface area (Å²) in [6, 6.07) is 20.5. The lowest BCUT2D eigenvalue weighted by Crippen LogP contribution is -2.41. The lowest BCUT2D eigenvalue weighted by Gasteiger charge is -2.23. The van der Waals surface area contributed by atoms with E-state index in [9.17, 15) is 14.7 Å². The zero-order valence-electron chi connectivity index (χ0n) is 22.2. The number of fused-ring (bicyclic) bond motifs is 1. The average molecular weight is 527 g/mol. The minimum atomic E-state index is -0.940. The first-order valence-corrected chi connectivity index (χ1v) is 13.6. The van der Waals surface area contributed by atoms with Crippen LogP contribution < -0.4 is 10.6 Å². The second kappa shape index (κ2) is 12.1. The molecule has 3 aromatic carbocycles. The number of aryl methyl sites for hydroxylation is 1. The predicted molar refractivity (Wildman–Crippen MR) is 152 cm³/mol. The van der Waals surface area contributed by atoms with E-state index in [2.05, 4.69) is 22.1 Å². The minimum absolute atomic E-state index is 0.251. The Morgan fingerprint density at radius 2 is 1.90 bits per heavy atom. The Bertz CT molecular complexity index is 1460. The number of imidazole rings is 1. The first kappa shape index (κ1) is 26.4. The van der Waals surface area contributed by atoms with Crippen LogP contribution in [0.15, 0.2) is 66.7 Å². The van der Waals surface area contributed by atoms with E-state index in [1.54, 1.807) is 12.1 Å². The van der Waals surface area contributed by atoms with Crippen LogP contribution in [0.3, 0.4) is 0 Å². The maximum Gasteiger partial charge on any atom is 0.336 e. The van der Waals surface area contributed by atoms with E-state index in [4.69, 9.17) is 9.72 Å². The molecule has 3 N–H and O–H groups in total. The molecule has 0 bridgehead atoms. The molecule has 4 aromatic rings. The number of carboxylic acids is 1. The van der Waals surface area contributed by atoms with Gasteiger partial charge < -0.3 is 25.0 Å². The van der Waals surface area contributed by atoms with Gasteiger partial charge in [0.1, 0.15) is 12.1 Å². The van der Waals surface area contributed by atoms with Gasteiger partial charge in [0, 0.05) is 25.3 Å². The van der Waals surface area contributed by atoms with E-state index in [1.165, 1.54) is 0 Å². The molecule has 2 amide bonds. The van der Waals surface area contributed by atoms with Gasteiger partial charge in [-0.05, 0) is 66.6 Å². The molecule has 0 radical (unpaired) electrons. The highest BCUT2D eigenvalue weighted by Gasteiger charge is 2.17. The molecule has 1 unspecified atom stereocenters. The number of unbranched alkanes of at least 4 members (excludes halogenated alkanes) is 1. The van der Waals surface area contributed by atoms with Crippen molar-refractivity contribution < 1.29 is 19.4 Å². The smallest absolute Gasteiger partial charge is 0.336 e. The standard InChI is InChI=1S/C31H34N4O4/c1-2-3-10-28-33-26-17-16-23(32-31(38)34-29-11-6-7-18-39-29)19-27(26)35(28)20-21-12-14-22(15-13-21)24-8-4-5-9-25(24)30(36)37/h4-5,8-9,12-17,19,29H,2-3,6-7,10-11,18,20H2,1H3,(H,36,37)(H2,32,34,38). The maximum atomic E-state index is 12.6. The number of benzene rings is 3. The molecule has 5 rings (SSSR count). The summed E-state index contributed by atoms with van der Waals surface area (Å²) in [6.07, 6.45) is 5.60. The lowest BCUT2D eigenvalue weighted by molar-refractivity contribution is 0.00342. The third-order valence-electron chi connectivity index (χ3n) is 7.07. The van der Waals surface area contributed by atoms with Gasteiger partial charge in [-0.3, -0.25) is 0 Å². The van der Waals surface area contributed by atoms with Gasteiger partial charge in [0.25, 0.3) is 0 Å². The summed E-state index contributed by atoms with van der Waals surface area (Å²) in [6.45, 7) is 3.45. The van der Waals surface area contributed by atoms with E-state index in [-0.39, 0.29) is 17.8 Å². The summed E-state index contributed by atoms with van der Waals surface area (Å²) in [5, 5.41) is 15.4. The number of hydrogen-bond acceptors (Lipinski definition) is 4. The average Bonchev–Trinajstić information content (AvgIpc) is 3.29. The number of anilines is 1. The van der Waals surface area contributed by atoms with Crippen LogP contribution in [0.25, 0.3) is 22.2 Å². The number of aromatic nitrogens is 2. The Labute approximate surface area is 228 Å². The van der Waals surface area contributed by atoms with Gasteiger partial charge in [-0.15, -0.1) is 0 Å². The zero-order chi connectivity index (χ0) is 27.2. The first-order chi connectivity index (χ1) is 19.0. The third-order valence-corrected chi connectivity index (χ3v) is 7.07. The molecule has 1 aliphatic rings. The van der Waals surface area contributed by atoms with Crippen LogP contribution in [0.5, 0.6) is 0 Å². The molecule has 202 valence electrons. The highest BCUT2D eigenvalue weighted by molar-refractivity contribution is 5.96. The molecule has 1 aromatic heterocycles. The Balaban J connectivity index is 1.39. The Hall–Kier alpha value is -4.17. The van der Waals surface area contributed by atoms with Gasteiger partial charge >= 0.3 is 12.0 Å². The SMILES string of the molecule is CCCCc1nc2ccc(NC(=O)NC3CCCCO3)cc2n1Cc1ccc(-c2ccccc2C(=O)O)cc1. The minimum Gasteiger partial charge on any atom is -0.478 e. The van der Waals surface area contributed by atoms with Crippen molar-refractivity contribution in [3.63, 3.8) is 0 Å². The van der Waals surface area contributed by atoms with Gasteiger partial charge in [-0.1, -0.05) is 55.8 Å². The van der Waals surface area contributed by atoms with Crippen LogP contribution in [0.4, 0.5) is 10.5 Å². The lowest BCUT2D eigenvalue weighted by atomic mass is 9.99. The number of carbonyl (C=O) groups excluding carboxylic acids is 1. The summed E-state index contributed by atoms with van der Waals surface area (Å²) in [5.41, 5.74) is 5.45. The summed E-state index contributed by atoms with van der Waals surface area (Å²) >= 11 is 0. The molecule has 8 heteroatoms. The van der Waals surface area contributed by atoms with Crippen LogP contribution in [-0.4, -0.2) is 39.5 Å². The predicted octanol–water partition coefficient (Wildman–Crippen LogP) is 6.44. The van der Waals surface area contributed by atoms with Gasteiger partial charge in [-0.2, -0.15) is 0 Å². The van der Waals surface area contributed by atoms with E-state index in [1.807, 2.05) is 54.6 Å². The van der Waals surface area contributed by atoms with Crippen molar-refractivity contribution >= 4 is 28.7 Å². The van der Waals surface area contributed by atoms with Crippen molar-refractivity contribution in [3.8, 4) is 11.1 Å². The van der Waals surface area contributed by atoms with Crippen LogP contribution in [0, 0.1) is 0 Å². The highest BCUT2D eigenvalue weighted by Crippen LogP contribution is 2.26. The van der Waals surface area contributed by atoms with Crippen LogP contribution in [0.2, 0.25) is 0 Å². The molecule has 8 nitrogen and oxygen atoms in total. The van der Waals surface area contributed by atoms with E-state index >= 15 is 0 Å². The quantitative estimate of drug-likeness (QED) is 0.233. The molecule has 1 saturated heterocycles. The van der Waals surface area contributed by atoms with Crippen molar-refractivity contribution in [2.45, 2.75) is 58.2 Å². The number of carboxylic acid groups (broad SMARTS) is 1. The van der Waals surface area contributed by atoms with Crippen LogP contribution in [0.1, 0.15) is 60.8 Å². The number of carbonyl (C=O) groups is 2. The number of nitrogens with one attached hydrogen (secondary N) is 2. The monoisotopic (exact) mass is 526 g/mol. The van der Waals surface area contributed by atoms with Gasteiger partial charge in [0.15, 0.2) is 0 Å². The van der Waals surface area contributed by atoms with Crippen LogP contribution in [-0.2, 0) is 17.7 Å². The molecular weight excluding hydrogens is 492 g/mol. The topological polar surface area (TPSA) is 105 Å². The Morgan fingerprint density at radius 1 is 1.08 bits per heavy atom. The molecular formula is C31H34N4O4. The summed E-state index contributed by atoms with van der Waals surface area (Å²) < 4.78 is 7.83.